The first-order chi connectivity index (χ1) is 6.74. The number of Topliss-reactive ketones (excluding diaryl/α,β-unsaturated/α-hetero) is 1. The molecule has 3 nitrogen and oxygen atoms in total. The summed E-state index contributed by atoms with van der Waals surface area (Å²) < 4.78 is 0. The lowest BCUT2D eigenvalue weighted by Gasteiger charge is -1.97. The number of carbonyl (C=O) groups excluding carboxylic acids is 2. The van der Waals surface area contributed by atoms with Crippen LogP contribution in [0.25, 0.3) is 6.08 Å². The molecule has 0 fully saturated rings. The molecule has 1 aliphatic carbocycles. The lowest BCUT2D eigenvalue weighted by molar-refractivity contribution is -0.116. The van der Waals surface area contributed by atoms with Gasteiger partial charge in [-0.1, -0.05) is 24.3 Å². The average molecular weight is 187 g/mol. The number of ketones is 1. The molecule has 3 heteroatoms. The normalized spacial score (nSPS) is 13.5. The lowest BCUT2D eigenvalue weighted by Crippen LogP contribution is -2.22. The van der Waals surface area contributed by atoms with Gasteiger partial charge in [0.2, 0.25) is 0 Å². The van der Waals surface area contributed by atoms with Gasteiger partial charge in [0.05, 0.1) is 5.57 Å². The van der Waals surface area contributed by atoms with Crippen LogP contribution in [-0.2, 0) is 4.79 Å². The second kappa shape index (κ2) is 3.10. The molecule has 1 aromatic carbocycles. The van der Waals surface area contributed by atoms with Crippen LogP contribution in [0.5, 0.6) is 0 Å². The quantitative estimate of drug-likeness (QED) is 0.667. The zero-order chi connectivity index (χ0) is 10.1. The highest BCUT2D eigenvalue weighted by atomic mass is 16.2. The number of amides is 1. The number of carbonyl (C=O) groups is 2. The van der Waals surface area contributed by atoms with E-state index >= 15 is 0 Å². The largest absolute Gasteiger partial charge is 0.355 e. The van der Waals surface area contributed by atoms with Crippen molar-refractivity contribution in [3.05, 3.63) is 41.0 Å². The van der Waals surface area contributed by atoms with Crippen molar-refractivity contribution in [1.82, 2.24) is 5.32 Å². The van der Waals surface area contributed by atoms with Crippen LogP contribution in [0.1, 0.15) is 15.9 Å². The first-order valence-electron chi connectivity index (χ1n) is 4.31. The third kappa shape index (κ3) is 1.14. The predicted molar refractivity (Wildman–Crippen MR) is 52.8 cm³/mol. The number of hydrogen-bond acceptors (Lipinski definition) is 2. The van der Waals surface area contributed by atoms with Crippen molar-refractivity contribution in [3.8, 4) is 0 Å². The minimum Gasteiger partial charge on any atom is -0.355 e. The van der Waals surface area contributed by atoms with Crippen molar-refractivity contribution in [2.45, 2.75) is 0 Å². The third-order valence-corrected chi connectivity index (χ3v) is 2.22. The Morgan fingerprint density at radius 2 is 2.00 bits per heavy atom. The highest BCUT2D eigenvalue weighted by Crippen LogP contribution is 2.24. The van der Waals surface area contributed by atoms with Gasteiger partial charge in [0.25, 0.3) is 5.91 Å². The Morgan fingerprint density at radius 3 is 2.64 bits per heavy atom. The van der Waals surface area contributed by atoms with Crippen LogP contribution in [-0.4, -0.2) is 18.7 Å². The maximum atomic E-state index is 11.7. The first kappa shape index (κ1) is 8.69. The molecule has 2 rings (SSSR count). The van der Waals surface area contributed by atoms with Gasteiger partial charge in [-0.05, 0) is 11.6 Å². The van der Waals surface area contributed by atoms with Crippen molar-refractivity contribution in [2.75, 3.05) is 7.05 Å². The Morgan fingerprint density at radius 1 is 1.29 bits per heavy atom. The molecule has 0 spiro atoms. The third-order valence-electron chi connectivity index (χ3n) is 2.22. The van der Waals surface area contributed by atoms with E-state index < -0.39 is 0 Å². The van der Waals surface area contributed by atoms with Gasteiger partial charge < -0.3 is 5.32 Å². The van der Waals surface area contributed by atoms with Crippen LogP contribution in [0.3, 0.4) is 0 Å². The van der Waals surface area contributed by atoms with Gasteiger partial charge in [-0.3, -0.25) is 9.59 Å². The fourth-order valence-electron chi connectivity index (χ4n) is 1.50. The van der Waals surface area contributed by atoms with Gasteiger partial charge >= 0.3 is 0 Å². The Balaban J connectivity index is 2.47. The predicted octanol–water partition coefficient (Wildman–Crippen LogP) is 1.01. The van der Waals surface area contributed by atoms with Crippen LogP contribution in [0, 0.1) is 0 Å². The summed E-state index contributed by atoms with van der Waals surface area (Å²) in [6.07, 6.45) is 1.62. The van der Waals surface area contributed by atoms with Gasteiger partial charge in [-0.2, -0.15) is 0 Å². The molecule has 0 atom stereocenters. The number of nitrogens with one attached hydrogen (secondary N) is 1. The summed E-state index contributed by atoms with van der Waals surface area (Å²) in [4.78, 5) is 23.0. The molecule has 0 bridgehead atoms. The van der Waals surface area contributed by atoms with E-state index in [9.17, 15) is 9.59 Å². The maximum Gasteiger partial charge on any atom is 0.255 e. The van der Waals surface area contributed by atoms with E-state index in [1.807, 2.05) is 12.1 Å². The molecule has 1 aliphatic rings. The summed E-state index contributed by atoms with van der Waals surface area (Å²) >= 11 is 0. The minimum atomic E-state index is -0.328. The Hall–Kier alpha value is -1.90. The number of hydrogen-bond donors (Lipinski definition) is 1. The summed E-state index contributed by atoms with van der Waals surface area (Å²) in [5.74, 6) is -0.522. The van der Waals surface area contributed by atoms with E-state index in [4.69, 9.17) is 0 Å². The van der Waals surface area contributed by atoms with Crippen molar-refractivity contribution in [3.63, 3.8) is 0 Å². The topological polar surface area (TPSA) is 46.2 Å². The number of benzene rings is 1. The number of rotatable bonds is 1. The van der Waals surface area contributed by atoms with Crippen LogP contribution in [0.4, 0.5) is 0 Å². The van der Waals surface area contributed by atoms with E-state index in [2.05, 4.69) is 5.32 Å². The van der Waals surface area contributed by atoms with Gasteiger partial charge in [0, 0.05) is 12.6 Å². The maximum absolute atomic E-state index is 11.7. The molecule has 70 valence electrons. The molecule has 1 N–H and O–H groups in total. The van der Waals surface area contributed by atoms with Crippen molar-refractivity contribution in [1.29, 1.82) is 0 Å². The number of likely N-dealkylation sites (N-methyl/N-ethyl adjacent to an activating group) is 1. The van der Waals surface area contributed by atoms with Crippen LogP contribution < -0.4 is 5.32 Å². The van der Waals surface area contributed by atoms with E-state index in [-0.39, 0.29) is 17.3 Å². The van der Waals surface area contributed by atoms with Crippen molar-refractivity contribution < 1.29 is 9.59 Å². The molecular weight excluding hydrogens is 178 g/mol. The number of fused-ring (bicyclic) bond motifs is 1. The van der Waals surface area contributed by atoms with Gasteiger partial charge in [-0.25, -0.2) is 0 Å². The molecule has 0 radical (unpaired) electrons. The van der Waals surface area contributed by atoms with E-state index in [0.717, 1.165) is 5.56 Å². The van der Waals surface area contributed by atoms with Crippen LogP contribution in [0.2, 0.25) is 0 Å². The minimum absolute atomic E-state index is 0.194. The molecule has 0 aromatic heterocycles. The fourth-order valence-corrected chi connectivity index (χ4v) is 1.50. The molecular formula is C11H9NO2. The Kier molecular flexibility index (Phi) is 1.93. The second-order valence-corrected chi connectivity index (χ2v) is 3.05. The Bertz CT molecular complexity index is 446. The summed E-state index contributed by atoms with van der Waals surface area (Å²) in [6, 6.07) is 7.18. The highest BCUT2D eigenvalue weighted by Gasteiger charge is 2.26. The summed E-state index contributed by atoms with van der Waals surface area (Å²) in [5, 5.41) is 2.44. The van der Waals surface area contributed by atoms with E-state index in [0.29, 0.717) is 5.56 Å². The highest BCUT2D eigenvalue weighted by molar-refractivity contribution is 6.32. The molecule has 0 saturated heterocycles. The molecule has 1 amide bonds. The second-order valence-electron chi connectivity index (χ2n) is 3.05. The average Bonchev–Trinajstić information content (AvgIpc) is 2.56. The lowest BCUT2D eigenvalue weighted by atomic mass is 10.1. The molecule has 0 heterocycles. The van der Waals surface area contributed by atoms with E-state index in [1.165, 1.54) is 7.05 Å². The standard InChI is InChI=1S/C11H9NO2/c1-12-11(14)9-6-7-4-2-3-5-8(7)10(9)13/h2-6H,1H3,(H,12,14). The smallest absolute Gasteiger partial charge is 0.255 e. The van der Waals surface area contributed by atoms with Crippen molar-refractivity contribution in [2.24, 2.45) is 0 Å². The monoisotopic (exact) mass is 187 g/mol. The Labute approximate surface area is 81.4 Å². The molecule has 14 heavy (non-hydrogen) atoms. The zero-order valence-corrected chi connectivity index (χ0v) is 7.70. The van der Waals surface area contributed by atoms with Gasteiger partial charge in [0.1, 0.15) is 0 Å². The van der Waals surface area contributed by atoms with Gasteiger partial charge in [0.15, 0.2) is 5.78 Å². The van der Waals surface area contributed by atoms with Crippen LogP contribution >= 0.6 is 0 Å². The first-order valence-corrected chi connectivity index (χ1v) is 4.31. The zero-order valence-electron chi connectivity index (χ0n) is 7.70. The van der Waals surface area contributed by atoms with Gasteiger partial charge in [-0.15, -0.1) is 0 Å². The van der Waals surface area contributed by atoms with Crippen molar-refractivity contribution >= 4 is 17.8 Å². The molecule has 0 aliphatic heterocycles. The fraction of sp³-hybridized carbons (Fsp3) is 0.0909. The molecule has 0 unspecified atom stereocenters. The molecule has 0 saturated carbocycles. The summed E-state index contributed by atoms with van der Waals surface area (Å²) in [7, 11) is 1.51. The molecule has 1 aromatic rings. The summed E-state index contributed by atoms with van der Waals surface area (Å²) in [5.41, 5.74) is 1.64. The van der Waals surface area contributed by atoms with Crippen LogP contribution in [0.15, 0.2) is 29.8 Å². The SMILES string of the molecule is CNC(=O)C1=Cc2ccccc2C1=O. The summed E-state index contributed by atoms with van der Waals surface area (Å²) in [6.45, 7) is 0. The van der Waals surface area contributed by atoms with E-state index in [1.54, 1.807) is 18.2 Å².